The molecule has 0 atom stereocenters. The van der Waals surface area contributed by atoms with E-state index in [1.165, 1.54) is 13.2 Å². The van der Waals surface area contributed by atoms with E-state index in [9.17, 15) is 4.79 Å². The van der Waals surface area contributed by atoms with Crippen LogP contribution >= 0.6 is 11.6 Å². The number of hydrogen-bond donors (Lipinski definition) is 0. The molecule has 0 rings (SSSR count). The van der Waals surface area contributed by atoms with E-state index in [4.69, 9.17) is 22.8 Å². The van der Waals surface area contributed by atoms with Crippen molar-refractivity contribution in [3.05, 3.63) is 11.8 Å². The number of ether oxygens (including phenoxy) is 2. The second kappa shape index (κ2) is 8.46. The van der Waals surface area contributed by atoms with E-state index in [0.29, 0.717) is 24.7 Å². The molecular weight excluding hydrogens is 204 g/mol. The third-order valence-electron chi connectivity index (χ3n) is 1.36. The predicted octanol–water partition coefficient (Wildman–Crippen LogP) is 1.71. The quantitative estimate of drug-likeness (QED) is 0.223. The van der Waals surface area contributed by atoms with E-state index in [1.54, 1.807) is 0 Å². The maximum atomic E-state index is 10.9. The van der Waals surface area contributed by atoms with Crippen molar-refractivity contribution in [1.82, 2.24) is 0 Å². The van der Waals surface area contributed by atoms with Crippen LogP contribution in [-0.4, -0.2) is 25.6 Å². The van der Waals surface area contributed by atoms with Crippen molar-refractivity contribution in [1.29, 1.82) is 0 Å². The topological polar surface area (TPSA) is 35.5 Å². The Morgan fingerprint density at radius 2 is 2.36 bits per heavy atom. The molecule has 0 unspecified atom stereocenters. The zero-order valence-corrected chi connectivity index (χ0v) is 8.84. The third-order valence-corrected chi connectivity index (χ3v) is 1.62. The lowest BCUT2D eigenvalue weighted by Crippen LogP contribution is -2.05. The van der Waals surface area contributed by atoms with Gasteiger partial charge in [0.25, 0.3) is 0 Å². The summed E-state index contributed by atoms with van der Waals surface area (Å²) in [5.41, 5.74) is 0. The van der Waals surface area contributed by atoms with Gasteiger partial charge in [0.1, 0.15) is 12.2 Å². The monoisotopic (exact) mass is 216 g/mol. The van der Waals surface area contributed by atoms with Crippen LogP contribution in [0.4, 0.5) is 0 Å². The zero-order chi connectivity index (χ0) is 10.8. The Bertz CT molecular complexity index is 240. The van der Waals surface area contributed by atoms with E-state index in [2.05, 4.69) is 10.7 Å². The lowest BCUT2D eigenvalue weighted by atomic mass is 10.3. The molecule has 4 heteroatoms. The van der Waals surface area contributed by atoms with Crippen LogP contribution in [0.25, 0.3) is 0 Å². The Morgan fingerprint density at radius 1 is 1.64 bits per heavy atom. The number of halogens is 1. The molecule has 0 aromatic heterocycles. The number of esters is 1. The van der Waals surface area contributed by atoms with Gasteiger partial charge in [-0.15, -0.1) is 18.0 Å². The van der Waals surface area contributed by atoms with Gasteiger partial charge in [-0.1, -0.05) is 5.92 Å². The molecule has 0 aliphatic rings. The average Bonchev–Trinajstić information content (AvgIpc) is 2.18. The minimum absolute atomic E-state index is 0.0585. The molecule has 0 radical (unpaired) electrons. The second-order valence-corrected chi connectivity index (χ2v) is 2.80. The summed E-state index contributed by atoms with van der Waals surface area (Å²) in [6, 6.07) is 0. The maximum absolute atomic E-state index is 10.9. The van der Waals surface area contributed by atoms with Crippen LogP contribution in [0.15, 0.2) is 11.8 Å². The maximum Gasteiger partial charge on any atom is 0.313 e. The fourth-order valence-corrected chi connectivity index (χ4v) is 0.818. The van der Waals surface area contributed by atoms with Gasteiger partial charge in [0.15, 0.2) is 0 Å². The standard InChI is InChI=1S/C10H13ClO3/c1-3-5-9(8-10(12)13-2)14-7-4-6-11/h1,5H,4,6-8H2,2H3/b9-5-. The number of allylic oxidation sites excluding steroid dienone is 1. The number of methoxy groups -OCH3 is 1. The van der Waals surface area contributed by atoms with Gasteiger partial charge in [-0.2, -0.15) is 0 Å². The summed E-state index contributed by atoms with van der Waals surface area (Å²) in [5.74, 6) is 2.87. The van der Waals surface area contributed by atoms with Crippen molar-refractivity contribution >= 4 is 17.6 Å². The first kappa shape index (κ1) is 12.9. The SMILES string of the molecule is C#C/C=C(/CC(=O)OC)OCCCCl. The molecular formula is C10H13ClO3. The first-order valence-corrected chi connectivity index (χ1v) is 4.68. The summed E-state index contributed by atoms with van der Waals surface area (Å²) in [4.78, 5) is 10.9. The van der Waals surface area contributed by atoms with Gasteiger partial charge in [-0.3, -0.25) is 4.79 Å². The molecule has 0 fully saturated rings. The molecule has 0 aliphatic carbocycles. The van der Waals surface area contributed by atoms with Crippen molar-refractivity contribution in [2.24, 2.45) is 0 Å². The van der Waals surface area contributed by atoms with Crippen molar-refractivity contribution in [3.63, 3.8) is 0 Å². The highest BCUT2D eigenvalue weighted by Gasteiger charge is 2.06. The van der Waals surface area contributed by atoms with Crippen LogP contribution < -0.4 is 0 Å². The summed E-state index contributed by atoms with van der Waals surface area (Å²) in [6.45, 7) is 0.452. The minimum atomic E-state index is -0.377. The Labute approximate surface area is 89.0 Å². The molecule has 0 bridgehead atoms. The fourth-order valence-electron chi connectivity index (χ4n) is 0.709. The minimum Gasteiger partial charge on any atom is -0.497 e. The molecule has 0 aromatic carbocycles. The van der Waals surface area contributed by atoms with Gasteiger partial charge in [0.2, 0.25) is 0 Å². The molecule has 0 amide bonds. The van der Waals surface area contributed by atoms with E-state index in [-0.39, 0.29) is 12.4 Å². The summed E-state index contributed by atoms with van der Waals surface area (Å²) in [7, 11) is 1.31. The number of terminal acetylenes is 1. The van der Waals surface area contributed by atoms with Gasteiger partial charge >= 0.3 is 5.97 Å². The Kier molecular flexibility index (Phi) is 7.77. The molecule has 0 aromatic rings. The van der Waals surface area contributed by atoms with Gasteiger partial charge in [0.05, 0.1) is 13.7 Å². The normalized spacial score (nSPS) is 10.5. The van der Waals surface area contributed by atoms with Crippen LogP contribution in [0, 0.1) is 12.3 Å². The molecule has 3 nitrogen and oxygen atoms in total. The van der Waals surface area contributed by atoms with Crippen molar-refractivity contribution in [2.45, 2.75) is 12.8 Å². The Morgan fingerprint density at radius 3 is 2.86 bits per heavy atom. The molecule has 14 heavy (non-hydrogen) atoms. The predicted molar refractivity (Wildman–Crippen MR) is 54.8 cm³/mol. The molecule has 0 N–H and O–H groups in total. The largest absolute Gasteiger partial charge is 0.497 e. The molecule has 0 heterocycles. The zero-order valence-electron chi connectivity index (χ0n) is 8.09. The first-order valence-electron chi connectivity index (χ1n) is 4.15. The summed E-state index contributed by atoms with van der Waals surface area (Å²) in [6.07, 6.45) is 7.25. The third kappa shape index (κ3) is 6.38. The fraction of sp³-hybridized carbons (Fsp3) is 0.500. The average molecular weight is 217 g/mol. The number of alkyl halides is 1. The Balaban J connectivity index is 3.98. The Hall–Kier alpha value is -1.14. The van der Waals surface area contributed by atoms with Crippen LogP contribution in [0.5, 0.6) is 0 Å². The van der Waals surface area contributed by atoms with Gasteiger partial charge in [0, 0.05) is 12.0 Å². The number of rotatable bonds is 6. The smallest absolute Gasteiger partial charge is 0.313 e. The first-order chi connectivity index (χ1) is 6.74. The van der Waals surface area contributed by atoms with Crippen LogP contribution in [0.1, 0.15) is 12.8 Å². The summed E-state index contributed by atoms with van der Waals surface area (Å²) < 4.78 is 9.71. The number of carbonyl (C=O) groups is 1. The number of carbonyl (C=O) groups excluding carboxylic acids is 1. The van der Waals surface area contributed by atoms with E-state index in [1.807, 2.05) is 0 Å². The van der Waals surface area contributed by atoms with Crippen LogP contribution in [0.3, 0.4) is 0 Å². The van der Waals surface area contributed by atoms with Crippen molar-refractivity contribution in [2.75, 3.05) is 19.6 Å². The van der Waals surface area contributed by atoms with Crippen LogP contribution in [-0.2, 0) is 14.3 Å². The van der Waals surface area contributed by atoms with E-state index in [0.717, 1.165) is 0 Å². The highest BCUT2D eigenvalue weighted by molar-refractivity contribution is 6.17. The van der Waals surface area contributed by atoms with E-state index < -0.39 is 0 Å². The molecule has 0 saturated heterocycles. The van der Waals surface area contributed by atoms with Gasteiger partial charge in [-0.25, -0.2) is 0 Å². The highest BCUT2D eigenvalue weighted by atomic mass is 35.5. The van der Waals surface area contributed by atoms with Gasteiger partial charge in [-0.05, 0) is 6.42 Å². The molecule has 0 saturated carbocycles. The summed E-state index contributed by atoms with van der Waals surface area (Å²) >= 11 is 5.46. The van der Waals surface area contributed by atoms with Crippen LogP contribution in [0.2, 0.25) is 0 Å². The molecule has 0 aliphatic heterocycles. The van der Waals surface area contributed by atoms with E-state index >= 15 is 0 Å². The summed E-state index contributed by atoms with van der Waals surface area (Å²) in [5, 5.41) is 0. The molecule has 78 valence electrons. The second-order valence-electron chi connectivity index (χ2n) is 2.42. The molecule has 0 spiro atoms. The lowest BCUT2D eigenvalue weighted by molar-refractivity contribution is -0.140. The number of hydrogen-bond acceptors (Lipinski definition) is 3. The van der Waals surface area contributed by atoms with Crippen molar-refractivity contribution in [3.8, 4) is 12.3 Å². The lowest BCUT2D eigenvalue weighted by Gasteiger charge is -2.07. The van der Waals surface area contributed by atoms with Crippen molar-refractivity contribution < 1.29 is 14.3 Å². The highest BCUT2D eigenvalue weighted by Crippen LogP contribution is 2.05. The van der Waals surface area contributed by atoms with Gasteiger partial charge < -0.3 is 9.47 Å².